The largest absolute Gasteiger partial charge is 0.378 e. The molecule has 2 fully saturated rings. The van der Waals surface area contributed by atoms with Crippen LogP contribution in [0.15, 0.2) is 4.99 Å². The number of aliphatic imine (C=N–C) groups is 1. The van der Waals surface area contributed by atoms with Crippen LogP contribution in [0.1, 0.15) is 53.4 Å². The fourth-order valence-corrected chi connectivity index (χ4v) is 3.41. The van der Waals surface area contributed by atoms with Crippen LogP contribution in [-0.2, 0) is 9.47 Å². The molecule has 2 rings (SSSR count). The van der Waals surface area contributed by atoms with E-state index in [4.69, 9.17) is 14.5 Å². The second-order valence-corrected chi connectivity index (χ2v) is 6.65. The fourth-order valence-electron chi connectivity index (χ4n) is 3.41. The van der Waals surface area contributed by atoms with E-state index in [2.05, 4.69) is 38.3 Å². The standard InChI is InChI=1S/C17H33N3O2/c1-5-18-17(19-10-9-15(12(3)4)21-6-2)20-14-11-13-7-8-16(14)22-13/h12-16H,5-11H2,1-4H3,(H2,18,19,20). The molecule has 4 unspecified atom stereocenters. The summed E-state index contributed by atoms with van der Waals surface area (Å²) in [4.78, 5) is 4.72. The highest BCUT2D eigenvalue weighted by molar-refractivity contribution is 5.80. The van der Waals surface area contributed by atoms with Gasteiger partial charge in [-0.1, -0.05) is 13.8 Å². The van der Waals surface area contributed by atoms with Crippen LogP contribution >= 0.6 is 0 Å². The minimum Gasteiger partial charge on any atom is -0.378 e. The Kier molecular flexibility index (Phi) is 6.96. The Balaban J connectivity index is 1.81. The number of nitrogens with zero attached hydrogens (tertiary/aromatic N) is 1. The maximum absolute atomic E-state index is 5.90. The maximum atomic E-state index is 5.90. The van der Waals surface area contributed by atoms with E-state index in [0.29, 0.717) is 30.3 Å². The number of nitrogens with one attached hydrogen (secondary N) is 2. The van der Waals surface area contributed by atoms with Crippen LogP contribution in [0.25, 0.3) is 0 Å². The molecule has 2 heterocycles. The lowest BCUT2D eigenvalue weighted by Crippen LogP contribution is -2.47. The quantitative estimate of drug-likeness (QED) is 0.533. The van der Waals surface area contributed by atoms with E-state index in [1.54, 1.807) is 0 Å². The number of hydrogen-bond donors (Lipinski definition) is 2. The fraction of sp³-hybridized carbons (Fsp3) is 0.941. The van der Waals surface area contributed by atoms with Crippen molar-refractivity contribution < 1.29 is 9.47 Å². The van der Waals surface area contributed by atoms with Gasteiger partial charge in [-0.2, -0.15) is 0 Å². The van der Waals surface area contributed by atoms with Gasteiger partial charge in [0.05, 0.1) is 24.4 Å². The zero-order chi connectivity index (χ0) is 15.9. The number of fused-ring (bicyclic) bond motifs is 2. The van der Waals surface area contributed by atoms with E-state index in [1.165, 1.54) is 12.8 Å². The summed E-state index contributed by atoms with van der Waals surface area (Å²) in [5.41, 5.74) is 0. The van der Waals surface area contributed by atoms with E-state index in [-0.39, 0.29) is 0 Å². The van der Waals surface area contributed by atoms with E-state index >= 15 is 0 Å². The van der Waals surface area contributed by atoms with Gasteiger partial charge in [-0.25, -0.2) is 0 Å². The Hall–Kier alpha value is -0.810. The summed E-state index contributed by atoms with van der Waals surface area (Å²) < 4.78 is 11.7. The first kappa shape index (κ1) is 17.5. The van der Waals surface area contributed by atoms with Crippen LogP contribution < -0.4 is 10.6 Å². The molecule has 0 radical (unpaired) electrons. The number of guanidine groups is 1. The van der Waals surface area contributed by atoms with Gasteiger partial charge in [-0.3, -0.25) is 4.99 Å². The van der Waals surface area contributed by atoms with Crippen LogP contribution in [0.2, 0.25) is 0 Å². The predicted molar refractivity (Wildman–Crippen MR) is 90.3 cm³/mol. The highest BCUT2D eigenvalue weighted by Crippen LogP contribution is 2.34. The Bertz CT molecular complexity index is 360. The first-order valence-corrected chi connectivity index (χ1v) is 8.95. The zero-order valence-corrected chi connectivity index (χ0v) is 14.6. The molecule has 0 aliphatic carbocycles. The van der Waals surface area contributed by atoms with Crippen molar-refractivity contribution in [2.24, 2.45) is 10.9 Å². The predicted octanol–water partition coefficient (Wildman–Crippen LogP) is 2.31. The zero-order valence-electron chi connectivity index (χ0n) is 14.6. The van der Waals surface area contributed by atoms with Gasteiger partial charge < -0.3 is 20.1 Å². The van der Waals surface area contributed by atoms with Crippen molar-refractivity contribution in [2.75, 3.05) is 19.7 Å². The van der Waals surface area contributed by atoms with Gasteiger partial charge in [0.1, 0.15) is 0 Å². The Morgan fingerprint density at radius 3 is 2.68 bits per heavy atom. The Morgan fingerprint density at radius 2 is 2.14 bits per heavy atom. The maximum Gasteiger partial charge on any atom is 0.191 e. The lowest BCUT2D eigenvalue weighted by atomic mass is 9.96. The topological polar surface area (TPSA) is 54.9 Å². The average Bonchev–Trinajstić information content (AvgIpc) is 3.09. The van der Waals surface area contributed by atoms with Gasteiger partial charge in [-0.05, 0) is 45.4 Å². The Morgan fingerprint density at radius 1 is 1.32 bits per heavy atom. The van der Waals surface area contributed by atoms with Crippen molar-refractivity contribution in [3.05, 3.63) is 0 Å². The number of hydrogen-bond acceptors (Lipinski definition) is 3. The van der Waals surface area contributed by atoms with E-state index in [1.807, 2.05) is 0 Å². The van der Waals surface area contributed by atoms with Crippen LogP contribution in [-0.4, -0.2) is 50.0 Å². The highest BCUT2D eigenvalue weighted by Gasteiger charge is 2.41. The van der Waals surface area contributed by atoms with Crippen LogP contribution in [0.5, 0.6) is 0 Å². The molecule has 0 aromatic carbocycles. The van der Waals surface area contributed by atoms with Crippen LogP contribution in [0.4, 0.5) is 0 Å². The van der Waals surface area contributed by atoms with Gasteiger partial charge >= 0.3 is 0 Å². The molecular weight excluding hydrogens is 278 g/mol. The minimum atomic E-state index is 0.294. The number of ether oxygens (including phenoxy) is 2. The molecule has 128 valence electrons. The molecule has 4 atom stereocenters. The van der Waals surface area contributed by atoms with Crippen LogP contribution in [0.3, 0.4) is 0 Å². The third-order valence-electron chi connectivity index (χ3n) is 4.58. The molecule has 2 aliphatic rings. The molecule has 2 bridgehead atoms. The summed E-state index contributed by atoms with van der Waals surface area (Å²) in [5, 5.41) is 6.90. The SMILES string of the molecule is CCNC(=NCCC(OCC)C(C)C)NC1CC2CCC1O2. The van der Waals surface area contributed by atoms with Crippen molar-refractivity contribution in [2.45, 2.75) is 77.7 Å². The lowest BCUT2D eigenvalue weighted by Gasteiger charge is -2.23. The third kappa shape index (κ3) is 4.85. The average molecular weight is 311 g/mol. The normalized spacial score (nSPS) is 29.1. The molecule has 0 amide bonds. The van der Waals surface area contributed by atoms with Crippen molar-refractivity contribution in [1.29, 1.82) is 0 Å². The second-order valence-electron chi connectivity index (χ2n) is 6.65. The smallest absolute Gasteiger partial charge is 0.191 e. The third-order valence-corrected chi connectivity index (χ3v) is 4.58. The summed E-state index contributed by atoms with van der Waals surface area (Å²) in [5.74, 6) is 1.45. The van der Waals surface area contributed by atoms with E-state index in [9.17, 15) is 0 Å². The monoisotopic (exact) mass is 311 g/mol. The summed E-state index contributed by atoms with van der Waals surface area (Å²) in [6, 6.07) is 0.421. The molecule has 0 aromatic rings. The number of rotatable bonds is 8. The van der Waals surface area contributed by atoms with Gasteiger partial charge in [0.25, 0.3) is 0 Å². The molecule has 2 aliphatic heterocycles. The summed E-state index contributed by atoms with van der Waals surface area (Å²) in [6.07, 6.45) is 5.62. The minimum absolute atomic E-state index is 0.294. The van der Waals surface area contributed by atoms with Crippen LogP contribution in [0, 0.1) is 5.92 Å². The molecule has 5 nitrogen and oxygen atoms in total. The molecule has 2 saturated heterocycles. The first-order chi connectivity index (χ1) is 10.6. The van der Waals surface area contributed by atoms with E-state index in [0.717, 1.165) is 38.5 Å². The van der Waals surface area contributed by atoms with Gasteiger partial charge in [-0.15, -0.1) is 0 Å². The van der Waals surface area contributed by atoms with Crippen molar-refractivity contribution in [1.82, 2.24) is 10.6 Å². The van der Waals surface area contributed by atoms with Gasteiger partial charge in [0.15, 0.2) is 5.96 Å². The first-order valence-electron chi connectivity index (χ1n) is 8.95. The van der Waals surface area contributed by atoms with Crippen molar-refractivity contribution in [3.63, 3.8) is 0 Å². The Labute approximate surface area is 135 Å². The van der Waals surface area contributed by atoms with Crippen molar-refractivity contribution in [3.8, 4) is 0 Å². The van der Waals surface area contributed by atoms with Gasteiger partial charge in [0.2, 0.25) is 0 Å². The van der Waals surface area contributed by atoms with E-state index < -0.39 is 0 Å². The summed E-state index contributed by atoms with van der Waals surface area (Å²) in [7, 11) is 0. The molecule has 5 heteroatoms. The molecular formula is C17H33N3O2. The molecule has 0 saturated carbocycles. The molecule has 0 aromatic heterocycles. The van der Waals surface area contributed by atoms with Crippen molar-refractivity contribution >= 4 is 5.96 Å². The molecule has 0 spiro atoms. The van der Waals surface area contributed by atoms with Gasteiger partial charge in [0, 0.05) is 19.7 Å². The lowest BCUT2D eigenvalue weighted by molar-refractivity contribution is 0.0266. The molecule has 22 heavy (non-hydrogen) atoms. The highest BCUT2D eigenvalue weighted by atomic mass is 16.5. The molecule has 2 N–H and O–H groups in total. The summed E-state index contributed by atoms with van der Waals surface area (Å²) in [6.45, 7) is 11.0. The summed E-state index contributed by atoms with van der Waals surface area (Å²) >= 11 is 0. The second kappa shape index (κ2) is 8.73.